The highest BCUT2D eigenvalue weighted by molar-refractivity contribution is 5.68. The summed E-state index contributed by atoms with van der Waals surface area (Å²) in [5.41, 5.74) is 0.272. The topological polar surface area (TPSA) is 35.5 Å². The van der Waals surface area contributed by atoms with Gasteiger partial charge in [-0.3, -0.25) is 4.89 Å². The molecule has 1 unspecified atom stereocenters. The fourth-order valence-corrected chi connectivity index (χ4v) is 2.84. The van der Waals surface area contributed by atoms with Crippen LogP contribution in [0.5, 0.6) is 0 Å². The number of allylic oxidation sites excluding steroid dienone is 4. The zero-order chi connectivity index (χ0) is 19.7. The Morgan fingerprint density at radius 2 is 1.42 bits per heavy atom. The fourth-order valence-electron chi connectivity index (χ4n) is 2.84. The maximum Gasteiger partial charge on any atom is 0.342 e. The van der Waals surface area contributed by atoms with E-state index < -0.39 is 0 Å². The van der Waals surface area contributed by atoms with Gasteiger partial charge in [-0.25, -0.2) is 4.79 Å². The van der Waals surface area contributed by atoms with E-state index in [0.717, 1.165) is 19.3 Å². The summed E-state index contributed by atoms with van der Waals surface area (Å²) in [6.07, 6.45) is 21.8. The van der Waals surface area contributed by atoms with Crippen LogP contribution in [-0.4, -0.2) is 13.1 Å². The second-order valence-electron chi connectivity index (χ2n) is 8.17. The molecule has 0 rings (SSSR count). The van der Waals surface area contributed by atoms with E-state index in [2.05, 4.69) is 61.8 Å². The molecule has 0 aromatic rings. The first kappa shape index (κ1) is 24.9. The van der Waals surface area contributed by atoms with Gasteiger partial charge in [0.1, 0.15) is 0 Å². The molecule has 0 aromatic heterocycles. The summed E-state index contributed by atoms with van der Waals surface area (Å²) in [6, 6.07) is 0. The molecule has 0 radical (unpaired) electrons. The van der Waals surface area contributed by atoms with Gasteiger partial charge in [-0.1, -0.05) is 84.1 Å². The van der Waals surface area contributed by atoms with Crippen LogP contribution < -0.4 is 0 Å². The summed E-state index contributed by atoms with van der Waals surface area (Å²) < 4.78 is 0. The van der Waals surface area contributed by atoms with Gasteiger partial charge in [-0.05, 0) is 43.4 Å². The summed E-state index contributed by atoms with van der Waals surface area (Å²) in [7, 11) is 1.36. The standard InChI is InChI=1S/C23H42O3/c1-6-7-8-12-15-18-21(23(2,3)4)19-16-13-10-9-11-14-17-20-22(24)26-25-5/h15-16,18-19,21H,6-14,17,20H2,1-5H3/b18-15-,19-16-. The maximum absolute atomic E-state index is 11.1. The number of hydrogen-bond donors (Lipinski definition) is 0. The van der Waals surface area contributed by atoms with Gasteiger partial charge in [0, 0.05) is 6.42 Å². The molecule has 3 nitrogen and oxygen atoms in total. The highest BCUT2D eigenvalue weighted by atomic mass is 17.2. The highest BCUT2D eigenvalue weighted by Gasteiger charge is 2.18. The molecule has 0 amide bonds. The van der Waals surface area contributed by atoms with Gasteiger partial charge in [0.05, 0.1) is 7.11 Å². The minimum Gasteiger partial charge on any atom is -0.299 e. The highest BCUT2D eigenvalue weighted by Crippen LogP contribution is 2.28. The predicted octanol–water partition coefficient (Wildman–Crippen LogP) is 7.18. The molecule has 0 aliphatic carbocycles. The van der Waals surface area contributed by atoms with E-state index in [1.165, 1.54) is 52.1 Å². The van der Waals surface area contributed by atoms with Gasteiger partial charge >= 0.3 is 5.97 Å². The van der Waals surface area contributed by atoms with Crippen molar-refractivity contribution in [3.05, 3.63) is 24.3 Å². The summed E-state index contributed by atoms with van der Waals surface area (Å²) in [6.45, 7) is 9.19. The van der Waals surface area contributed by atoms with Crippen molar-refractivity contribution in [2.45, 2.75) is 98.3 Å². The molecule has 0 aliphatic heterocycles. The van der Waals surface area contributed by atoms with Crippen molar-refractivity contribution in [1.29, 1.82) is 0 Å². The third kappa shape index (κ3) is 15.2. The molecular weight excluding hydrogens is 324 g/mol. The number of rotatable bonds is 15. The second-order valence-corrected chi connectivity index (χ2v) is 8.17. The van der Waals surface area contributed by atoms with Crippen LogP contribution in [0.4, 0.5) is 0 Å². The minimum atomic E-state index is -0.272. The van der Waals surface area contributed by atoms with E-state index in [0.29, 0.717) is 12.3 Å². The Morgan fingerprint density at radius 1 is 0.885 bits per heavy atom. The van der Waals surface area contributed by atoms with Crippen LogP contribution in [0, 0.1) is 11.3 Å². The molecule has 0 saturated heterocycles. The normalized spacial score (nSPS) is 13.6. The van der Waals surface area contributed by atoms with Crippen molar-refractivity contribution < 1.29 is 14.6 Å². The lowest BCUT2D eigenvalue weighted by Gasteiger charge is -2.25. The lowest BCUT2D eigenvalue weighted by molar-refractivity contribution is -0.255. The molecule has 0 aliphatic rings. The first-order valence-corrected chi connectivity index (χ1v) is 10.5. The number of carbonyl (C=O) groups excluding carboxylic acids is 1. The molecule has 0 heterocycles. The van der Waals surface area contributed by atoms with Crippen molar-refractivity contribution in [3.8, 4) is 0 Å². The van der Waals surface area contributed by atoms with Crippen LogP contribution in [0.15, 0.2) is 24.3 Å². The SMILES string of the molecule is CCCCC/C=C\C(/C=C\CCCCCCCC(=O)OOC)C(C)(C)C. The lowest BCUT2D eigenvalue weighted by atomic mass is 9.80. The maximum atomic E-state index is 11.1. The van der Waals surface area contributed by atoms with Crippen molar-refractivity contribution in [2.24, 2.45) is 11.3 Å². The molecule has 0 bridgehead atoms. The van der Waals surface area contributed by atoms with E-state index in [1.807, 2.05) is 0 Å². The third-order valence-corrected chi connectivity index (χ3v) is 4.59. The van der Waals surface area contributed by atoms with E-state index in [-0.39, 0.29) is 11.4 Å². The molecule has 0 fully saturated rings. The lowest BCUT2D eigenvalue weighted by Crippen LogP contribution is -2.16. The van der Waals surface area contributed by atoms with Crippen molar-refractivity contribution in [3.63, 3.8) is 0 Å². The first-order valence-electron chi connectivity index (χ1n) is 10.5. The van der Waals surface area contributed by atoms with E-state index in [4.69, 9.17) is 0 Å². The Bertz CT molecular complexity index is 391. The number of carbonyl (C=O) groups is 1. The molecule has 0 N–H and O–H groups in total. The quantitative estimate of drug-likeness (QED) is 0.133. The minimum absolute atomic E-state index is 0.272. The van der Waals surface area contributed by atoms with Crippen molar-refractivity contribution in [2.75, 3.05) is 7.11 Å². The number of unbranched alkanes of at least 4 members (excludes halogenated alkanes) is 8. The second kappa shape index (κ2) is 16.1. The Hall–Kier alpha value is -1.09. The summed E-state index contributed by atoms with van der Waals surface area (Å²) in [5.74, 6) is 0.238. The van der Waals surface area contributed by atoms with Crippen LogP contribution in [0.25, 0.3) is 0 Å². The monoisotopic (exact) mass is 366 g/mol. The van der Waals surface area contributed by atoms with Crippen molar-refractivity contribution in [1.82, 2.24) is 0 Å². The first-order chi connectivity index (χ1) is 12.4. The van der Waals surface area contributed by atoms with Gasteiger partial charge in [-0.2, -0.15) is 4.89 Å². The summed E-state index contributed by atoms with van der Waals surface area (Å²) in [5, 5.41) is 0. The van der Waals surface area contributed by atoms with E-state index in [9.17, 15) is 4.79 Å². The van der Waals surface area contributed by atoms with Crippen LogP contribution in [0.2, 0.25) is 0 Å². The van der Waals surface area contributed by atoms with Gasteiger partial charge in [0.2, 0.25) is 0 Å². The zero-order valence-electron chi connectivity index (χ0n) is 17.9. The molecule has 0 aromatic carbocycles. The fraction of sp³-hybridized carbons (Fsp3) is 0.783. The smallest absolute Gasteiger partial charge is 0.299 e. The van der Waals surface area contributed by atoms with Gasteiger partial charge in [-0.15, -0.1) is 0 Å². The van der Waals surface area contributed by atoms with Crippen LogP contribution >= 0.6 is 0 Å². The Labute approximate surface area is 162 Å². The van der Waals surface area contributed by atoms with Gasteiger partial charge < -0.3 is 0 Å². The Kier molecular flexibility index (Phi) is 15.4. The average molecular weight is 367 g/mol. The number of hydrogen-bond acceptors (Lipinski definition) is 3. The van der Waals surface area contributed by atoms with Crippen LogP contribution in [0.1, 0.15) is 98.3 Å². The summed E-state index contributed by atoms with van der Waals surface area (Å²) >= 11 is 0. The van der Waals surface area contributed by atoms with E-state index >= 15 is 0 Å². The van der Waals surface area contributed by atoms with Gasteiger partial charge in [0.25, 0.3) is 0 Å². The molecule has 1 atom stereocenters. The molecular formula is C23H42O3. The Balaban J connectivity index is 3.90. The molecule has 152 valence electrons. The molecule has 0 saturated carbocycles. The Morgan fingerprint density at radius 3 is 1.96 bits per heavy atom. The van der Waals surface area contributed by atoms with Crippen molar-refractivity contribution >= 4 is 5.97 Å². The molecule has 0 spiro atoms. The zero-order valence-corrected chi connectivity index (χ0v) is 17.9. The predicted molar refractivity (Wildman–Crippen MR) is 111 cm³/mol. The van der Waals surface area contributed by atoms with E-state index in [1.54, 1.807) is 0 Å². The molecule has 26 heavy (non-hydrogen) atoms. The van der Waals surface area contributed by atoms with Crippen LogP contribution in [-0.2, 0) is 14.6 Å². The largest absolute Gasteiger partial charge is 0.342 e. The third-order valence-electron chi connectivity index (χ3n) is 4.59. The van der Waals surface area contributed by atoms with Gasteiger partial charge in [0.15, 0.2) is 0 Å². The average Bonchev–Trinajstić information content (AvgIpc) is 2.57. The molecule has 3 heteroatoms. The summed E-state index contributed by atoms with van der Waals surface area (Å²) in [4.78, 5) is 19.9. The van der Waals surface area contributed by atoms with Crippen LogP contribution in [0.3, 0.4) is 0 Å².